The van der Waals surface area contributed by atoms with Crippen LogP contribution in [0.4, 0.5) is 0 Å². The van der Waals surface area contributed by atoms with Gasteiger partial charge in [0.2, 0.25) is 0 Å². The first-order valence-corrected chi connectivity index (χ1v) is 4.42. The van der Waals surface area contributed by atoms with Crippen LogP contribution >= 0.6 is 0 Å². The molecule has 0 radical (unpaired) electrons. The van der Waals surface area contributed by atoms with E-state index >= 15 is 0 Å². The Morgan fingerprint density at radius 2 is 2.50 bits per heavy atom. The van der Waals surface area contributed by atoms with E-state index in [9.17, 15) is 0 Å². The molecule has 1 aliphatic rings. The van der Waals surface area contributed by atoms with Gasteiger partial charge in [-0.3, -0.25) is 4.90 Å². The van der Waals surface area contributed by atoms with Crippen molar-refractivity contribution in [2.24, 2.45) is 0 Å². The maximum Gasteiger partial charge on any atom is 0.134 e. The summed E-state index contributed by atoms with van der Waals surface area (Å²) in [5.74, 6) is 0. The lowest BCUT2D eigenvalue weighted by Crippen LogP contribution is -2.47. The highest BCUT2D eigenvalue weighted by molar-refractivity contribution is 4.65. The summed E-state index contributed by atoms with van der Waals surface area (Å²) in [7, 11) is 0. The third-order valence-corrected chi connectivity index (χ3v) is 2.00. The molecule has 0 spiro atoms. The Hall–Kier alpha value is -0.160. The number of rotatable bonds is 4. The maximum atomic E-state index is 8.57. The Kier molecular flexibility index (Phi) is 4.53. The number of hydrogen-bond acceptors (Lipinski definition) is 4. The molecule has 0 aromatic heterocycles. The molecule has 0 saturated carbocycles. The topological polar surface area (TPSA) is 41.9 Å². The van der Waals surface area contributed by atoms with Crippen molar-refractivity contribution in [2.45, 2.75) is 13.2 Å². The lowest BCUT2D eigenvalue weighted by Gasteiger charge is -2.34. The van der Waals surface area contributed by atoms with Crippen molar-refractivity contribution in [1.29, 1.82) is 0 Å². The van der Waals surface area contributed by atoms with Crippen LogP contribution in [0.3, 0.4) is 0 Å². The first-order chi connectivity index (χ1) is 5.88. The van der Waals surface area contributed by atoms with Crippen LogP contribution in [0.15, 0.2) is 0 Å². The fourth-order valence-corrected chi connectivity index (χ4v) is 1.32. The number of morpholine rings is 1. The van der Waals surface area contributed by atoms with Crippen LogP contribution < -0.4 is 0 Å². The first-order valence-electron chi connectivity index (χ1n) is 4.42. The summed E-state index contributed by atoms with van der Waals surface area (Å²) in [6.45, 7) is 5.87. The monoisotopic (exact) mass is 175 g/mol. The van der Waals surface area contributed by atoms with Crippen LogP contribution in [0, 0.1) is 0 Å². The summed E-state index contributed by atoms with van der Waals surface area (Å²) in [4.78, 5) is 2.21. The van der Waals surface area contributed by atoms with E-state index in [1.165, 1.54) is 0 Å². The van der Waals surface area contributed by atoms with E-state index in [2.05, 4.69) is 11.8 Å². The molecule has 4 nitrogen and oxygen atoms in total. The average molecular weight is 175 g/mol. The standard InChI is InChI=1S/C8H17NO3/c1-2-9-3-5-11-7-8(9)12-6-4-10/h8,10H,2-7H2,1H3. The molecule has 4 heteroatoms. The van der Waals surface area contributed by atoms with Gasteiger partial charge in [-0.1, -0.05) is 6.92 Å². The van der Waals surface area contributed by atoms with Crippen molar-refractivity contribution in [2.75, 3.05) is 39.5 Å². The number of hydrogen-bond donors (Lipinski definition) is 1. The summed E-state index contributed by atoms with van der Waals surface area (Å²) < 4.78 is 10.6. The van der Waals surface area contributed by atoms with Crippen molar-refractivity contribution < 1.29 is 14.6 Å². The Morgan fingerprint density at radius 1 is 1.67 bits per heavy atom. The molecule has 0 amide bonds. The molecular formula is C8H17NO3. The second kappa shape index (κ2) is 5.48. The van der Waals surface area contributed by atoms with Crippen LogP contribution in [-0.2, 0) is 9.47 Å². The van der Waals surface area contributed by atoms with Gasteiger partial charge in [-0.2, -0.15) is 0 Å². The van der Waals surface area contributed by atoms with Gasteiger partial charge < -0.3 is 14.6 Å². The Labute approximate surface area is 73.1 Å². The Balaban J connectivity index is 2.26. The molecule has 1 heterocycles. The lowest BCUT2D eigenvalue weighted by molar-refractivity contribution is -0.141. The van der Waals surface area contributed by atoms with Gasteiger partial charge in [0.25, 0.3) is 0 Å². The molecule has 1 unspecified atom stereocenters. The molecule has 1 N–H and O–H groups in total. The van der Waals surface area contributed by atoms with E-state index in [4.69, 9.17) is 14.6 Å². The minimum atomic E-state index is 0.0379. The van der Waals surface area contributed by atoms with Crippen LogP contribution in [-0.4, -0.2) is 55.8 Å². The Morgan fingerprint density at radius 3 is 3.17 bits per heavy atom. The minimum Gasteiger partial charge on any atom is -0.394 e. The van der Waals surface area contributed by atoms with Gasteiger partial charge in [-0.05, 0) is 6.54 Å². The molecule has 1 saturated heterocycles. The normalized spacial score (nSPS) is 26.0. The smallest absolute Gasteiger partial charge is 0.134 e. The highest BCUT2D eigenvalue weighted by Crippen LogP contribution is 2.06. The minimum absolute atomic E-state index is 0.0379. The van der Waals surface area contributed by atoms with E-state index in [1.54, 1.807) is 0 Å². The van der Waals surface area contributed by atoms with Crippen molar-refractivity contribution in [3.63, 3.8) is 0 Å². The van der Waals surface area contributed by atoms with Gasteiger partial charge in [-0.15, -0.1) is 0 Å². The van der Waals surface area contributed by atoms with Gasteiger partial charge in [0.05, 0.1) is 26.4 Å². The van der Waals surface area contributed by atoms with Crippen LogP contribution in [0.1, 0.15) is 6.92 Å². The number of ether oxygens (including phenoxy) is 2. The molecule has 1 fully saturated rings. The fourth-order valence-electron chi connectivity index (χ4n) is 1.32. The molecule has 1 aliphatic heterocycles. The molecule has 0 bridgehead atoms. The predicted octanol–water partition coefficient (Wildman–Crippen LogP) is -0.327. The van der Waals surface area contributed by atoms with E-state index in [0.29, 0.717) is 13.2 Å². The summed E-state index contributed by atoms with van der Waals surface area (Å²) in [6.07, 6.45) is 0.0379. The van der Waals surface area contributed by atoms with E-state index in [1.807, 2.05) is 0 Å². The largest absolute Gasteiger partial charge is 0.394 e. The van der Waals surface area contributed by atoms with Crippen LogP contribution in [0.2, 0.25) is 0 Å². The molecule has 72 valence electrons. The Bertz CT molecular complexity index is 121. The summed E-state index contributed by atoms with van der Waals surface area (Å²) in [6, 6.07) is 0. The highest BCUT2D eigenvalue weighted by Gasteiger charge is 2.21. The van der Waals surface area contributed by atoms with Gasteiger partial charge >= 0.3 is 0 Å². The number of aliphatic hydroxyl groups excluding tert-OH is 1. The summed E-state index contributed by atoms with van der Waals surface area (Å²) in [5, 5.41) is 8.57. The molecule has 0 aromatic carbocycles. The third kappa shape index (κ3) is 2.71. The lowest BCUT2D eigenvalue weighted by atomic mass is 10.4. The molecule has 0 aliphatic carbocycles. The second-order valence-electron chi connectivity index (χ2n) is 2.75. The van der Waals surface area contributed by atoms with E-state index < -0.39 is 0 Å². The zero-order valence-corrected chi connectivity index (χ0v) is 7.53. The van der Waals surface area contributed by atoms with Crippen molar-refractivity contribution in [1.82, 2.24) is 4.90 Å². The number of likely N-dealkylation sites (N-methyl/N-ethyl adjacent to an activating group) is 1. The third-order valence-electron chi connectivity index (χ3n) is 2.00. The van der Waals surface area contributed by atoms with Crippen LogP contribution in [0.25, 0.3) is 0 Å². The molecule has 1 rings (SSSR count). The van der Waals surface area contributed by atoms with Crippen molar-refractivity contribution in [3.8, 4) is 0 Å². The van der Waals surface area contributed by atoms with Gasteiger partial charge in [0.1, 0.15) is 6.23 Å². The van der Waals surface area contributed by atoms with Crippen molar-refractivity contribution in [3.05, 3.63) is 0 Å². The molecule has 1 atom stereocenters. The molecule has 12 heavy (non-hydrogen) atoms. The fraction of sp³-hybridized carbons (Fsp3) is 1.00. The molecular weight excluding hydrogens is 158 g/mol. The maximum absolute atomic E-state index is 8.57. The van der Waals surface area contributed by atoms with Gasteiger partial charge in [0.15, 0.2) is 0 Å². The van der Waals surface area contributed by atoms with Crippen molar-refractivity contribution >= 4 is 0 Å². The average Bonchev–Trinajstić information content (AvgIpc) is 2.15. The van der Waals surface area contributed by atoms with E-state index in [0.717, 1.165) is 19.7 Å². The zero-order chi connectivity index (χ0) is 8.81. The second-order valence-corrected chi connectivity index (χ2v) is 2.75. The van der Waals surface area contributed by atoms with Gasteiger partial charge in [-0.25, -0.2) is 0 Å². The summed E-state index contributed by atoms with van der Waals surface area (Å²) >= 11 is 0. The van der Waals surface area contributed by atoms with E-state index in [-0.39, 0.29) is 12.8 Å². The SMILES string of the molecule is CCN1CCOCC1OCCO. The number of nitrogens with zero attached hydrogens (tertiary/aromatic N) is 1. The van der Waals surface area contributed by atoms with Gasteiger partial charge in [0, 0.05) is 6.54 Å². The summed E-state index contributed by atoms with van der Waals surface area (Å²) in [5.41, 5.74) is 0. The zero-order valence-electron chi connectivity index (χ0n) is 7.53. The first kappa shape index (κ1) is 9.92. The highest BCUT2D eigenvalue weighted by atomic mass is 16.6. The molecule has 0 aromatic rings. The quantitative estimate of drug-likeness (QED) is 0.635. The number of aliphatic hydroxyl groups is 1. The predicted molar refractivity (Wildman–Crippen MR) is 44.9 cm³/mol. The van der Waals surface area contributed by atoms with Crippen LogP contribution in [0.5, 0.6) is 0 Å².